The van der Waals surface area contributed by atoms with Gasteiger partial charge in [-0.1, -0.05) is 26.0 Å². The van der Waals surface area contributed by atoms with Gasteiger partial charge in [0.2, 0.25) is 11.9 Å². The van der Waals surface area contributed by atoms with Crippen LogP contribution in [0.15, 0.2) is 24.3 Å². The highest BCUT2D eigenvalue weighted by atomic mass is 16.2. The quantitative estimate of drug-likeness (QED) is 0.821. The first-order valence-corrected chi connectivity index (χ1v) is 10.7. The van der Waals surface area contributed by atoms with Gasteiger partial charge < -0.3 is 14.4 Å². The predicted molar refractivity (Wildman–Crippen MR) is 110 cm³/mol. The molecule has 0 aliphatic carbocycles. The molecule has 2 aromatic rings. The van der Waals surface area contributed by atoms with Gasteiger partial charge in [-0.25, -0.2) is 4.98 Å². The third kappa shape index (κ3) is 3.69. The summed E-state index contributed by atoms with van der Waals surface area (Å²) in [6.07, 6.45) is 5.45. The second kappa shape index (κ2) is 7.91. The van der Waals surface area contributed by atoms with Crippen LogP contribution in [0.4, 0.5) is 5.95 Å². The number of hydrogen-bond acceptors (Lipinski definition) is 3. The maximum absolute atomic E-state index is 13.1. The molecule has 2 saturated heterocycles. The standard InChI is InChI=1S/C22H32N4O/c1-3-12-26-20-9-5-4-8-19(20)23-22(26)25-13-6-7-18(16-25)21(27)24-14-10-17(2)11-15-24/h4-5,8-9,17-18H,3,6-7,10-16H2,1-2H3/t18-/m0/s1. The molecule has 0 N–H and O–H groups in total. The first-order chi connectivity index (χ1) is 13.2. The van der Waals surface area contributed by atoms with Crippen LogP contribution >= 0.6 is 0 Å². The van der Waals surface area contributed by atoms with Gasteiger partial charge in [0.1, 0.15) is 0 Å². The van der Waals surface area contributed by atoms with Crippen molar-refractivity contribution in [3.05, 3.63) is 24.3 Å². The molecule has 0 unspecified atom stereocenters. The van der Waals surface area contributed by atoms with Crippen molar-refractivity contribution in [2.75, 3.05) is 31.1 Å². The fraction of sp³-hybridized carbons (Fsp3) is 0.636. The van der Waals surface area contributed by atoms with Crippen LogP contribution in [0.25, 0.3) is 11.0 Å². The Balaban J connectivity index is 1.54. The number of carbonyl (C=O) groups excluding carboxylic acids is 1. The summed E-state index contributed by atoms with van der Waals surface area (Å²) in [7, 11) is 0. The van der Waals surface area contributed by atoms with E-state index in [0.717, 1.165) is 82.2 Å². The molecule has 4 rings (SSSR count). The van der Waals surface area contributed by atoms with E-state index < -0.39 is 0 Å². The lowest BCUT2D eigenvalue weighted by molar-refractivity contribution is -0.137. The van der Waals surface area contributed by atoms with Crippen molar-refractivity contribution in [2.24, 2.45) is 11.8 Å². The van der Waals surface area contributed by atoms with Gasteiger partial charge in [-0.15, -0.1) is 0 Å². The summed E-state index contributed by atoms with van der Waals surface area (Å²) in [6, 6.07) is 8.38. The van der Waals surface area contributed by atoms with Gasteiger partial charge in [0.15, 0.2) is 0 Å². The van der Waals surface area contributed by atoms with Crippen LogP contribution in [-0.2, 0) is 11.3 Å². The van der Waals surface area contributed by atoms with Crippen LogP contribution in [0.5, 0.6) is 0 Å². The summed E-state index contributed by atoms with van der Waals surface area (Å²) >= 11 is 0. The Kier molecular flexibility index (Phi) is 5.37. The number of aromatic nitrogens is 2. The van der Waals surface area contributed by atoms with Crippen LogP contribution < -0.4 is 4.90 Å². The number of nitrogens with zero attached hydrogens (tertiary/aromatic N) is 4. The molecular weight excluding hydrogens is 336 g/mol. The van der Waals surface area contributed by atoms with E-state index in [9.17, 15) is 4.79 Å². The van der Waals surface area contributed by atoms with Crippen molar-refractivity contribution in [1.82, 2.24) is 14.5 Å². The average Bonchev–Trinajstić information content (AvgIpc) is 3.07. The maximum Gasteiger partial charge on any atom is 0.227 e. The van der Waals surface area contributed by atoms with E-state index in [1.54, 1.807) is 0 Å². The average molecular weight is 369 g/mol. The summed E-state index contributed by atoms with van der Waals surface area (Å²) in [4.78, 5) is 22.5. The molecular formula is C22H32N4O. The van der Waals surface area contributed by atoms with E-state index in [-0.39, 0.29) is 5.92 Å². The van der Waals surface area contributed by atoms with Crippen LogP contribution in [0, 0.1) is 11.8 Å². The fourth-order valence-corrected chi connectivity index (χ4v) is 4.60. The second-order valence-corrected chi connectivity index (χ2v) is 8.35. The summed E-state index contributed by atoms with van der Waals surface area (Å²) in [5.74, 6) is 2.28. The highest BCUT2D eigenvalue weighted by Gasteiger charge is 2.32. The lowest BCUT2D eigenvalue weighted by Crippen LogP contribution is -2.47. The number of fused-ring (bicyclic) bond motifs is 1. The zero-order chi connectivity index (χ0) is 18.8. The largest absolute Gasteiger partial charge is 0.342 e. The zero-order valence-electron chi connectivity index (χ0n) is 16.7. The first-order valence-electron chi connectivity index (χ1n) is 10.7. The van der Waals surface area contributed by atoms with Crippen LogP contribution in [0.3, 0.4) is 0 Å². The Hall–Kier alpha value is -2.04. The molecule has 0 bridgehead atoms. The Labute approximate surface area is 162 Å². The number of anilines is 1. The van der Waals surface area contributed by atoms with E-state index in [1.807, 2.05) is 0 Å². The third-order valence-electron chi connectivity index (χ3n) is 6.23. The molecule has 0 spiro atoms. The van der Waals surface area contributed by atoms with Gasteiger partial charge >= 0.3 is 0 Å². The number of benzene rings is 1. The number of rotatable bonds is 4. The summed E-state index contributed by atoms with van der Waals surface area (Å²) < 4.78 is 2.34. The SMILES string of the molecule is CCCn1c(N2CCC[C@H](C(=O)N3CCC(C)CC3)C2)nc2ccccc21. The number of carbonyl (C=O) groups is 1. The molecule has 2 aliphatic heterocycles. The number of aryl methyl sites for hydroxylation is 1. The number of hydrogen-bond donors (Lipinski definition) is 0. The Morgan fingerprint density at radius 2 is 1.93 bits per heavy atom. The van der Waals surface area contributed by atoms with E-state index >= 15 is 0 Å². The van der Waals surface area contributed by atoms with Crippen molar-refractivity contribution >= 4 is 22.9 Å². The number of likely N-dealkylation sites (tertiary alicyclic amines) is 1. The van der Waals surface area contributed by atoms with E-state index in [1.165, 1.54) is 5.52 Å². The molecule has 146 valence electrons. The highest BCUT2D eigenvalue weighted by Crippen LogP contribution is 2.29. The lowest BCUT2D eigenvalue weighted by atomic mass is 9.93. The fourth-order valence-electron chi connectivity index (χ4n) is 4.60. The van der Waals surface area contributed by atoms with Gasteiger partial charge in [-0.05, 0) is 50.2 Å². The predicted octanol–water partition coefficient (Wildman–Crippen LogP) is 3.92. The molecule has 1 aromatic carbocycles. The lowest BCUT2D eigenvalue weighted by Gasteiger charge is -2.37. The first kappa shape index (κ1) is 18.3. The topological polar surface area (TPSA) is 41.4 Å². The monoisotopic (exact) mass is 368 g/mol. The van der Waals surface area contributed by atoms with E-state index in [2.05, 4.69) is 52.5 Å². The number of para-hydroxylation sites is 2. The van der Waals surface area contributed by atoms with Gasteiger partial charge in [0.25, 0.3) is 0 Å². The second-order valence-electron chi connectivity index (χ2n) is 8.35. The van der Waals surface area contributed by atoms with Crippen molar-refractivity contribution < 1.29 is 4.79 Å². The minimum atomic E-state index is 0.113. The molecule has 1 amide bonds. The highest BCUT2D eigenvalue weighted by molar-refractivity contribution is 5.81. The van der Waals surface area contributed by atoms with Crippen molar-refractivity contribution in [2.45, 2.75) is 52.5 Å². The molecule has 2 fully saturated rings. The molecule has 2 aliphatic rings. The van der Waals surface area contributed by atoms with Crippen molar-refractivity contribution in [3.8, 4) is 0 Å². The van der Waals surface area contributed by atoms with Gasteiger partial charge in [0, 0.05) is 32.7 Å². The molecule has 0 saturated carbocycles. The van der Waals surface area contributed by atoms with Crippen molar-refractivity contribution in [1.29, 1.82) is 0 Å². The summed E-state index contributed by atoms with van der Waals surface area (Å²) in [5.41, 5.74) is 2.26. The molecule has 5 heteroatoms. The summed E-state index contributed by atoms with van der Waals surface area (Å²) in [6.45, 7) is 9.14. The minimum Gasteiger partial charge on any atom is -0.342 e. The Morgan fingerprint density at radius 1 is 1.15 bits per heavy atom. The van der Waals surface area contributed by atoms with Gasteiger partial charge in [-0.2, -0.15) is 0 Å². The number of amides is 1. The minimum absolute atomic E-state index is 0.113. The molecule has 0 radical (unpaired) electrons. The van der Waals surface area contributed by atoms with Crippen LogP contribution in [-0.4, -0.2) is 46.5 Å². The van der Waals surface area contributed by atoms with Gasteiger partial charge in [0.05, 0.1) is 17.0 Å². The van der Waals surface area contributed by atoms with E-state index in [0.29, 0.717) is 5.91 Å². The van der Waals surface area contributed by atoms with Crippen LogP contribution in [0.1, 0.15) is 46.0 Å². The molecule has 3 heterocycles. The number of imidazole rings is 1. The van der Waals surface area contributed by atoms with Crippen molar-refractivity contribution in [3.63, 3.8) is 0 Å². The zero-order valence-corrected chi connectivity index (χ0v) is 16.7. The van der Waals surface area contributed by atoms with Crippen LogP contribution in [0.2, 0.25) is 0 Å². The normalized spacial score (nSPS) is 21.8. The third-order valence-corrected chi connectivity index (χ3v) is 6.23. The molecule has 1 atom stereocenters. The summed E-state index contributed by atoms with van der Waals surface area (Å²) in [5, 5.41) is 0. The smallest absolute Gasteiger partial charge is 0.227 e. The van der Waals surface area contributed by atoms with E-state index in [4.69, 9.17) is 4.98 Å². The molecule has 27 heavy (non-hydrogen) atoms. The number of piperidine rings is 2. The molecule has 5 nitrogen and oxygen atoms in total. The maximum atomic E-state index is 13.1. The Bertz CT molecular complexity index is 791. The Morgan fingerprint density at radius 3 is 2.70 bits per heavy atom. The molecule has 1 aromatic heterocycles. The van der Waals surface area contributed by atoms with Gasteiger partial charge in [-0.3, -0.25) is 4.79 Å².